The number of nitrogens with zero attached hydrogens (tertiary/aromatic N) is 1. The van der Waals surface area contributed by atoms with E-state index >= 15 is 0 Å². The van der Waals surface area contributed by atoms with Gasteiger partial charge in [-0.05, 0) is 11.4 Å². The van der Waals surface area contributed by atoms with E-state index < -0.39 is 12.8 Å². The summed E-state index contributed by atoms with van der Waals surface area (Å²) in [6.45, 7) is -1.33. The van der Waals surface area contributed by atoms with Gasteiger partial charge in [-0.25, -0.2) is 0 Å². The number of ether oxygens (including phenoxy) is 1. The number of alkyl halides is 3. The van der Waals surface area contributed by atoms with E-state index in [1.54, 1.807) is 0 Å². The summed E-state index contributed by atoms with van der Waals surface area (Å²) in [5.74, 6) is -0.0549. The molecule has 1 N–H and O–H groups in total. The second-order valence-corrected chi connectivity index (χ2v) is 3.95. The fourth-order valence-corrected chi connectivity index (χ4v) is 1.78. The lowest BCUT2D eigenvalue weighted by atomic mass is 10.3. The highest BCUT2D eigenvalue weighted by molar-refractivity contribution is 7.13. The zero-order valence-electron chi connectivity index (χ0n) is 7.91. The highest BCUT2D eigenvalue weighted by Gasteiger charge is 2.28. The number of hydrogen-bond acceptors (Lipinski definition) is 3. The van der Waals surface area contributed by atoms with E-state index in [1.807, 2.05) is 17.5 Å². The predicted octanol–water partition coefficient (Wildman–Crippen LogP) is 3.08. The molecule has 7 heteroatoms. The van der Waals surface area contributed by atoms with Gasteiger partial charge in [0.1, 0.15) is 0 Å². The Labute approximate surface area is 92.9 Å². The van der Waals surface area contributed by atoms with Crippen LogP contribution < -0.4 is 4.74 Å². The van der Waals surface area contributed by atoms with Crippen molar-refractivity contribution in [2.24, 2.45) is 0 Å². The van der Waals surface area contributed by atoms with Crippen LogP contribution in [-0.4, -0.2) is 23.0 Å². The first-order valence-electron chi connectivity index (χ1n) is 4.33. The monoisotopic (exact) mass is 248 g/mol. The van der Waals surface area contributed by atoms with Gasteiger partial charge in [-0.2, -0.15) is 13.2 Å². The molecule has 3 nitrogen and oxygen atoms in total. The van der Waals surface area contributed by atoms with E-state index in [9.17, 15) is 13.2 Å². The minimum atomic E-state index is -4.35. The van der Waals surface area contributed by atoms with Crippen LogP contribution in [0.3, 0.4) is 0 Å². The highest BCUT2D eigenvalue weighted by Crippen LogP contribution is 2.26. The van der Waals surface area contributed by atoms with Gasteiger partial charge < -0.3 is 4.74 Å². The lowest BCUT2D eigenvalue weighted by molar-refractivity contribution is -0.154. The second kappa shape index (κ2) is 4.17. The standard InChI is InChI=1S/C9H7F3N2OS/c10-9(11,12)5-15-8-4-6(13-14-8)7-2-1-3-16-7/h1-4H,5H2,(H,13,14). The van der Waals surface area contributed by atoms with Gasteiger partial charge >= 0.3 is 6.18 Å². The van der Waals surface area contributed by atoms with Crippen molar-refractivity contribution in [3.05, 3.63) is 23.6 Å². The Balaban J connectivity index is 2.03. The summed E-state index contributed by atoms with van der Waals surface area (Å²) in [4.78, 5) is 0.898. The average Bonchev–Trinajstić information content (AvgIpc) is 2.84. The van der Waals surface area contributed by atoms with Crippen LogP contribution in [0.25, 0.3) is 10.6 Å². The van der Waals surface area contributed by atoms with Crippen LogP contribution in [0.1, 0.15) is 0 Å². The van der Waals surface area contributed by atoms with Gasteiger partial charge in [0.05, 0.1) is 10.6 Å². The molecule has 0 unspecified atom stereocenters. The van der Waals surface area contributed by atoms with E-state index in [0.29, 0.717) is 5.69 Å². The third-order valence-electron chi connectivity index (χ3n) is 1.72. The highest BCUT2D eigenvalue weighted by atomic mass is 32.1. The molecule has 0 aliphatic rings. The maximum atomic E-state index is 11.9. The molecule has 2 heterocycles. The number of thiophene rings is 1. The Hall–Kier alpha value is -1.50. The van der Waals surface area contributed by atoms with E-state index in [4.69, 9.17) is 0 Å². The zero-order chi connectivity index (χ0) is 11.6. The van der Waals surface area contributed by atoms with Crippen molar-refractivity contribution < 1.29 is 17.9 Å². The minimum Gasteiger partial charge on any atom is -0.467 e. The fourth-order valence-electron chi connectivity index (χ4n) is 1.09. The summed E-state index contributed by atoms with van der Waals surface area (Å²) < 4.78 is 40.1. The van der Waals surface area contributed by atoms with Gasteiger partial charge in [-0.1, -0.05) is 6.07 Å². The molecular weight excluding hydrogens is 241 g/mol. The quantitative estimate of drug-likeness (QED) is 0.906. The lowest BCUT2D eigenvalue weighted by Gasteiger charge is -2.05. The van der Waals surface area contributed by atoms with Crippen molar-refractivity contribution in [3.63, 3.8) is 0 Å². The molecule has 86 valence electrons. The lowest BCUT2D eigenvalue weighted by Crippen LogP contribution is -2.19. The molecule has 2 rings (SSSR count). The van der Waals surface area contributed by atoms with E-state index in [0.717, 1.165) is 4.88 Å². The molecule has 16 heavy (non-hydrogen) atoms. The summed E-state index contributed by atoms with van der Waals surface area (Å²) in [7, 11) is 0. The molecule has 0 atom stereocenters. The Morgan fingerprint density at radius 2 is 2.25 bits per heavy atom. The third-order valence-corrected chi connectivity index (χ3v) is 2.63. The van der Waals surface area contributed by atoms with Gasteiger partial charge in [-0.15, -0.1) is 16.4 Å². The van der Waals surface area contributed by atoms with Crippen molar-refractivity contribution in [2.45, 2.75) is 6.18 Å². The number of H-pyrrole nitrogens is 1. The first kappa shape index (κ1) is 11.0. The predicted molar refractivity (Wildman–Crippen MR) is 53.5 cm³/mol. The number of nitrogens with one attached hydrogen (secondary N) is 1. The largest absolute Gasteiger partial charge is 0.467 e. The maximum absolute atomic E-state index is 11.9. The van der Waals surface area contributed by atoms with Crippen molar-refractivity contribution in [2.75, 3.05) is 6.61 Å². The van der Waals surface area contributed by atoms with Crippen molar-refractivity contribution in [1.29, 1.82) is 0 Å². The van der Waals surface area contributed by atoms with E-state index in [1.165, 1.54) is 17.4 Å². The maximum Gasteiger partial charge on any atom is 0.422 e. The molecule has 0 amide bonds. The number of hydrogen-bond donors (Lipinski definition) is 1. The second-order valence-electron chi connectivity index (χ2n) is 3.00. The van der Waals surface area contributed by atoms with Crippen LogP contribution in [0.15, 0.2) is 23.6 Å². The molecular formula is C9H7F3N2OS. The van der Waals surface area contributed by atoms with Gasteiger partial charge in [0, 0.05) is 6.07 Å². The molecule has 2 aromatic rings. The van der Waals surface area contributed by atoms with Gasteiger partial charge in [0.25, 0.3) is 0 Å². The van der Waals surface area contributed by atoms with Crippen LogP contribution in [-0.2, 0) is 0 Å². The molecule has 2 aromatic heterocycles. The number of aromatic amines is 1. The van der Waals surface area contributed by atoms with Gasteiger partial charge in [0.15, 0.2) is 6.61 Å². The Kier molecular flexibility index (Phi) is 2.86. The molecule has 0 aromatic carbocycles. The van der Waals surface area contributed by atoms with Crippen molar-refractivity contribution in [3.8, 4) is 16.5 Å². The molecule has 0 saturated carbocycles. The zero-order valence-corrected chi connectivity index (χ0v) is 8.73. The van der Waals surface area contributed by atoms with E-state index in [2.05, 4.69) is 14.9 Å². The van der Waals surface area contributed by atoms with Gasteiger partial charge in [-0.3, -0.25) is 5.10 Å². The average molecular weight is 248 g/mol. The Morgan fingerprint density at radius 1 is 1.44 bits per heavy atom. The van der Waals surface area contributed by atoms with Crippen LogP contribution in [0.2, 0.25) is 0 Å². The SMILES string of the molecule is FC(F)(F)COc1cc(-c2cccs2)[nH]n1. The van der Waals surface area contributed by atoms with Crippen LogP contribution >= 0.6 is 11.3 Å². The molecule has 0 bridgehead atoms. The number of rotatable bonds is 3. The first-order chi connectivity index (χ1) is 7.54. The topological polar surface area (TPSA) is 37.9 Å². The van der Waals surface area contributed by atoms with E-state index in [-0.39, 0.29) is 5.88 Å². The van der Waals surface area contributed by atoms with Crippen LogP contribution in [0.5, 0.6) is 5.88 Å². The molecule has 0 aliphatic heterocycles. The van der Waals surface area contributed by atoms with Crippen LogP contribution in [0.4, 0.5) is 13.2 Å². The van der Waals surface area contributed by atoms with Crippen molar-refractivity contribution >= 4 is 11.3 Å². The summed E-state index contributed by atoms with van der Waals surface area (Å²) in [6.07, 6.45) is -4.35. The molecule has 0 radical (unpaired) electrons. The first-order valence-corrected chi connectivity index (χ1v) is 5.21. The summed E-state index contributed by atoms with van der Waals surface area (Å²) in [5.41, 5.74) is 0.646. The minimum absolute atomic E-state index is 0.0549. The summed E-state index contributed by atoms with van der Waals surface area (Å²) in [5, 5.41) is 8.11. The van der Waals surface area contributed by atoms with Crippen LogP contribution in [0, 0.1) is 0 Å². The fraction of sp³-hybridized carbons (Fsp3) is 0.222. The Bertz CT molecular complexity index is 450. The number of aromatic nitrogens is 2. The third kappa shape index (κ3) is 2.75. The van der Waals surface area contributed by atoms with Gasteiger partial charge in [0.2, 0.25) is 5.88 Å². The summed E-state index contributed by atoms with van der Waals surface area (Å²) >= 11 is 1.46. The Morgan fingerprint density at radius 3 is 2.88 bits per heavy atom. The molecule has 0 aliphatic carbocycles. The number of halogens is 3. The molecule has 0 spiro atoms. The smallest absolute Gasteiger partial charge is 0.422 e. The normalized spacial score (nSPS) is 11.7. The molecule has 0 fully saturated rings. The summed E-state index contributed by atoms with van der Waals surface area (Å²) in [6, 6.07) is 5.13. The molecule has 0 saturated heterocycles. The van der Waals surface area contributed by atoms with Crippen molar-refractivity contribution in [1.82, 2.24) is 10.2 Å².